The number of carbonyl (C=O) groups excluding carboxylic acids is 1. The smallest absolute Gasteiger partial charge is 0.225 e. The first-order valence-corrected chi connectivity index (χ1v) is 9.05. The molecule has 1 aromatic heterocycles. The minimum Gasteiger partial charge on any atom is -0.495 e. The summed E-state index contributed by atoms with van der Waals surface area (Å²) in [4.78, 5) is 21.2. The molecule has 138 valence electrons. The maximum atomic E-state index is 12.3. The van der Waals surface area contributed by atoms with E-state index in [-0.39, 0.29) is 5.91 Å². The van der Waals surface area contributed by atoms with Crippen LogP contribution in [0, 0.1) is 0 Å². The highest BCUT2D eigenvalue weighted by atomic mass is 35.5. The molecule has 0 spiro atoms. The Morgan fingerprint density at radius 2 is 2.04 bits per heavy atom. The van der Waals surface area contributed by atoms with E-state index in [4.69, 9.17) is 16.3 Å². The van der Waals surface area contributed by atoms with Gasteiger partial charge in [0.25, 0.3) is 0 Å². The lowest BCUT2D eigenvalue weighted by atomic mass is 10.2. The van der Waals surface area contributed by atoms with Crippen molar-refractivity contribution in [3.05, 3.63) is 47.6 Å². The third kappa shape index (κ3) is 4.86. The van der Waals surface area contributed by atoms with Crippen molar-refractivity contribution in [3.8, 4) is 5.75 Å². The zero-order valence-corrected chi connectivity index (χ0v) is 15.6. The quantitative estimate of drug-likeness (QED) is 0.842. The first-order chi connectivity index (χ1) is 12.7. The fourth-order valence-electron chi connectivity index (χ4n) is 2.99. The molecule has 1 fully saturated rings. The largest absolute Gasteiger partial charge is 0.495 e. The normalized spacial score (nSPS) is 14.9. The van der Waals surface area contributed by atoms with E-state index in [1.165, 1.54) is 0 Å². The van der Waals surface area contributed by atoms with Crippen LogP contribution in [0.2, 0.25) is 5.02 Å². The van der Waals surface area contributed by atoms with Gasteiger partial charge in [-0.2, -0.15) is 0 Å². The summed E-state index contributed by atoms with van der Waals surface area (Å²) in [6, 6.07) is 11.1. The lowest BCUT2D eigenvalue weighted by molar-refractivity contribution is -0.116. The van der Waals surface area contributed by atoms with E-state index in [9.17, 15) is 4.79 Å². The number of hydrogen-bond acceptors (Lipinski definition) is 5. The zero-order chi connectivity index (χ0) is 18.4. The van der Waals surface area contributed by atoms with Gasteiger partial charge in [-0.15, -0.1) is 0 Å². The molecule has 2 heterocycles. The van der Waals surface area contributed by atoms with Crippen molar-refractivity contribution < 1.29 is 9.53 Å². The highest BCUT2D eigenvalue weighted by molar-refractivity contribution is 6.31. The number of benzene rings is 1. The monoisotopic (exact) mass is 374 g/mol. The number of pyridine rings is 1. The summed E-state index contributed by atoms with van der Waals surface area (Å²) in [7, 11) is 1.57. The van der Waals surface area contributed by atoms with Crippen molar-refractivity contribution in [3.63, 3.8) is 0 Å². The highest BCUT2D eigenvalue weighted by Gasteiger charge is 2.18. The van der Waals surface area contributed by atoms with E-state index in [1.54, 1.807) is 25.3 Å². The molecule has 0 unspecified atom stereocenters. The maximum Gasteiger partial charge on any atom is 0.225 e. The number of piperazine rings is 1. The number of aromatic nitrogens is 1. The molecule has 0 radical (unpaired) electrons. The molecule has 1 aliphatic heterocycles. The fraction of sp³-hybridized carbons (Fsp3) is 0.368. The van der Waals surface area contributed by atoms with Gasteiger partial charge in [0.2, 0.25) is 5.91 Å². The third-order valence-electron chi connectivity index (χ3n) is 4.44. The second kappa shape index (κ2) is 8.87. The number of hydrogen-bond donors (Lipinski definition) is 1. The Bertz CT molecular complexity index is 734. The van der Waals surface area contributed by atoms with Crippen LogP contribution in [-0.2, 0) is 4.79 Å². The van der Waals surface area contributed by atoms with Gasteiger partial charge in [-0.1, -0.05) is 17.7 Å². The van der Waals surface area contributed by atoms with Crippen molar-refractivity contribution in [2.24, 2.45) is 0 Å². The molecule has 1 aliphatic rings. The van der Waals surface area contributed by atoms with Crippen LogP contribution in [0.5, 0.6) is 5.75 Å². The van der Waals surface area contributed by atoms with E-state index >= 15 is 0 Å². The summed E-state index contributed by atoms with van der Waals surface area (Å²) in [5, 5.41) is 3.44. The fourth-order valence-corrected chi connectivity index (χ4v) is 3.16. The highest BCUT2D eigenvalue weighted by Crippen LogP contribution is 2.27. The molecule has 1 N–H and O–H groups in total. The van der Waals surface area contributed by atoms with Gasteiger partial charge in [-0.3, -0.25) is 9.69 Å². The number of carbonyl (C=O) groups is 1. The molecule has 1 saturated heterocycles. The average molecular weight is 375 g/mol. The minimum atomic E-state index is -0.0438. The summed E-state index contributed by atoms with van der Waals surface area (Å²) in [6.07, 6.45) is 2.25. The van der Waals surface area contributed by atoms with Crippen LogP contribution in [0.25, 0.3) is 0 Å². The third-order valence-corrected chi connectivity index (χ3v) is 4.67. The number of rotatable bonds is 6. The number of nitrogens with zero attached hydrogens (tertiary/aromatic N) is 3. The zero-order valence-electron chi connectivity index (χ0n) is 14.8. The van der Waals surface area contributed by atoms with Crippen LogP contribution >= 0.6 is 11.6 Å². The number of methoxy groups -OCH3 is 1. The van der Waals surface area contributed by atoms with Gasteiger partial charge in [0, 0.05) is 50.4 Å². The predicted octanol–water partition coefficient (Wildman–Crippen LogP) is 2.89. The predicted molar refractivity (Wildman–Crippen MR) is 104 cm³/mol. The summed E-state index contributed by atoms with van der Waals surface area (Å²) in [5.41, 5.74) is 0.602. The van der Waals surface area contributed by atoms with E-state index in [0.29, 0.717) is 22.9 Å². The molecular weight excluding hydrogens is 352 g/mol. The van der Waals surface area contributed by atoms with Crippen molar-refractivity contribution in [2.75, 3.05) is 50.1 Å². The molecule has 3 rings (SSSR count). The average Bonchev–Trinajstić information content (AvgIpc) is 2.68. The Balaban J connectivity index is 1.45. The molecule has 0 atom stereocenters. The molecule has 1 aromatic carbocycles. The lowest BCUT2D eigenvalue weighted by Crippen LogP contribution is -2.47. The lowest BCUT2D eigenvalue weighted by Gasteiger charge is -2.35. The number of nitrogens with one attached hydrogen (secondary N) is 1. The maximum absolute atomic E-state index is 12.3. The number of anilines is 2. The summed E-state index contributed by atoms with van der Waals surface area (Å²) in [5.74, 6) is 1.57. The van der Waals surface area contributed by atoms with E-state index in [1.807, 2.05) is 24.4 Å². The molecule has 0 aliphatic carbocycles. The number of halogens is 1. The van der Waals surface area contributed by atoms with Crippen LogP contribution in [-0.4, -0.2) is 55.6 Å². The Hall–Kier alpha value is -2.31. The van der Waals surface area contributed by atoms with Gasteiger partial charge in [0.15, 0.2) is 0 Å². The summed E-state index contributed by atoms with van der Waals surface area (Å²) in [6.45, 7) is 4.40. The Morgan fingerprint density at radius 1 is 1.23 bits per heavy atom. The van der Waals surface area contributed by atoms with Gasteiger partial charge in [-0.05, 0) is 30.3 Å². The van der Waals surface area contributed by atoms with Gasteiger partial charge in [-0.25, -0.2) is 4.98 Å². The molecule has 0 bridgehead atoms. The van der Waals surface area contributed by atoms with Gasteiger partial charge < -0.3 is 15.0 Å². The second-order valence-electron chi connectivity index (χ2n) is 6.16. The standard InChI is InChI=1S/C19H23ClN4O2/c1-26-17-6-5-15(20)14-16(17)22-19(25)7-9-23-10-12-24(13-11-23)18-4-2-3-8-21-18/h2-6,8,14H,7,9-13H2,1H3,(H,22,25). The SMILES string of the molecule is COc1ccc(Cl)cc1NC(=O)CCN1CCN(c2ccccn2)CC1. The van der Waals surface area contributed by atoms with E-state index in [0.717, 1.165) is 38.5 Å². The molecule has 0 saturated carbocycles. The number of ether oxygens (including phenoxy) is 1. The first kappa shape index (κ1) is 18.5. The Kier molecular flexibility index (Phi) is 6.30. The molecule has 7 heteroatoms. The Morgan fingerprint density at radius 3 is 2.73 bits per heavy atom. The van der Waals surface area contributed by atoms with Crippen molar-refractivity contribution in [1.82, 2.24) is 9.88 Å². The molecule has 6 nitrogen and oxygen atoms in total. The van der Waals surface area contributed by atoms with Crippen LogP contribution in [0.1, 0.15) is 6.42 Å². The van der Waals surface area contributed by atoms with E-state index in [2.05, 4.69) is 20.1 Å². The van der Waals surface area contributed by atoms with Crippen LogP contribution < -0.4 is 15.0 Å². The van der Waals surface area contributed by atoms with Crippen molar-refractivity contribution >= 4 is 29.0 Å². The second-order valence-corrected chi connectivity index (χ2v) is 6.60. The molecule has 2 aromatic rings. The van der Waals surface area contributed by atoms with Gasteiger partial charge >= 0.3 is 0 Å². The van der Waals surface area contributed by atoms with Gasteiger partial charge in [0.05, 0.1) is 12.8 Å². The molecule has 1 amide bonds. The topological polar surface area (TPSA) is 57.7 Å². The van der Waals surface area contributed by atoms with Crippen molar-refractivity contribution in [1.29, 1.82) is 0 Å². The molecule has 26 heavy (non-hydrogen) atoms. The van der Waals surface area contributed by atoms with E-state index < -0.39 is 0 Å². The molecular formula is C19H23ClN4O2. The van der Waals surface area contributed by atoms with Crippen LogP contribution in [0.3, 0.4) is 0 Å². The number of amides is 1. The minimum absolute atomic E-state index is 0.0438. The van der Waals surface area contributed by atoms with Crippen molar-refractivity contribution in [2.45, 2.75) is 6.42 Å². The summed E-state index contributed by atoms with van der Waals surface area (Å²) < 4.78 is 5.25. The van der Waals surface area contributed by atoms with Crippen LogP contribution in [0.4, 0.5) is 11.5 Å². The van der Waals surface area contributed by atoms with Crippen LogP contribution in [0.15, 0.2) is 42.6 Å². The first-order valence-electron chi connectivity index (χ1n) is 8.67. The summed E-state index contributed by atoms with van der Waals surface area (Å²) >= 11 is 6.00. The Labute approximate surface area is 158 Å². The van der Waals surface area contributed by atoms with Gasteiger partial charge in [0.1, 0.15) is 11.6 Å².